The monoisotopic (exact) mass is 634 g/mol. The van der Waals surface area contributed by atoms with Crippen molar-refractivity contribution in [3.8, 4) is 5.75 Å². The molecule has 31 heavy (non-hydrogen) atoms. The van der Waals surface area contributed by atoms with Gasteiger partial charge in [-0.25, -0.2) is 4.79 Å². The third-order valence-electron chi connectivity index (χ3n) is 3.71. The molecule has 0 saturated carbocycles. The Bertz CT molecular complexity index is 770. The van der Waals surface area contributed by atoms with E-state index >= 15 is 0 Å². The number of hydrogen-bond donors (Lipinski definition) is 6. The van der Waals surface area contributed by atoms with Crippen molar-refractivity contribution in [3.63, 3.8) is 0 Å². The van der Waals surface area contributed by atoms with Crippen molar-refractivity contribution in [2.75, 3.05) is 40.0 Å². The second-order valence-electron chi connectivity index (χ2n) is 5.98. The second-order valence-corrected chi connectivity index (χ2v) is 8.36. The van der Waals surface area contributed by atoms with Crippen LogP contribution in [0.3, 0.4) is 0 Å². The SMILES string of the molecule is COC(=O)COc1c(Br)c(C(=O)NCC(O)CO)c(Br)c(C(=O)NCC(O)CO)c1Br. The van der Waals surface area contributed by atoms with Crippen LogP contribution >= 0.6 is 47.8 Å². The molecule has 1 aromatic carbocycles. The molecule has 14 heteroatoms. The molecule has 0 saturated heterocycles. The molecule has 0 heterocycles. The van der Waals surface area contributed by atoms with Crippen molar-refractivity contribution < 1.29 is 44.3 Å². The van der Waals surface area contributed by atoms with Crippen LogP contribution in [0.5, 0.6) is 5.75 Å². The predicted molar refractivity (Wildman–Crippen MR) is 118 cm³/mol. The fourth-order valence-corrected chi connectivity index (χ4v) is 5.02. The molecule has 0 fully saturated rings. The van der Waals surface area contributed by atoms with E-state index < -0.39 is 49.8 Å². The molecule has 1 aromatic rings. The Balaban J connectivity index is 3.44. The summed E-state index contributed by atoms with van der Waals surface area (Å²) in [5, 5.41) is 41.6. The molecule has 0 aromatic heterocycles. The molecule has 0 radical (unpaired) electrons. The summed E-state index contributed by atoms with van der Waals surface area (Å²) < 4.78 is 10.1. The van der Waals surface area contributed by atoms with Crippen molar-refractivity contribution in [1.82, 2.24) is 10.6 Å². The summed E-state index contributed by atoms with van der Waals surface area (Å²) in [6.45, 7) is -2.21. The number of rotatable bonds is 11. The van der Waals surface area contributed by atoms with Gasteiger partial charge in [-0.2, -0.15) is 0 Å². The lowest BCUT2D eigenvalue weighted by molar-refractivity contribution is -0.142. The van der Waals surface area contributed by atoms with Gasteiger partial charge in [-0.1, -0.05) is 0 Å². The minimum Gasteiger partial charge on any atom is -0.479 e. The molecular formula is C17H21Br3N2O9. The molecule has 0 aliphatic heterocycles. The average molecular weight is 637 g/mol. The van der Waals surface area contributed by atoms with Gasteiger partial charge in [0.1, 0.15) is 5.75 Å². The topological polar surface area (TPSA) is 175 Å². The summed E-state index contributed by atoms with van der Waals surface area (Å²) in [5.74, 6) is -2.23. The Morgan fingerprint density at radius 1 is 0.871 bits per heavy atom. The average Bonchev–Trinajstić information content (AvgIpc) is 2.74. The van der Waals surface area contributed by atoms with Gasteiger partial charge in [-0.3, -0.25) is 9.59 Å². The van der Waals surface area contributed by atoms with Crippen LogP contribution < -0.4 is 15.4 Å². The number of nitrogens with one attached hydrogen (secondary N) is 2. The summed E-state index contributed by atoms with van der Waals surface area (Å²) in [7, 11) is 1.16. The van der Waals surface area contributed by atoms with Crippen LogP contribution in [-0.2, 0) is 9.53 Å². The number of benzene rings is 1. The number of amides is 2. The zero-order valence-corrected chi connectivity index (χ0v) is 20.9. The second kappa shape index (κ2) is 13.3. The Morgan fingerprint density at radius 2 is 1.29 bits per heavy atom. The molecular weight excluding hydrogens is 616 g/mol. The fourth-order valence-electron chi connectivity index (χ4n) is 2.08. The van der Waals surface area contributed by atoms with Crippen LogP contribution in [-0.4, -0.2) is 90.4 Å². The van der Waals surface area contributed by atoms with E-state index in [2.05, 4.69) is 63.2 Å². The number of carbonyl (C=O) groups excluding carboxylic acids is 3. The molecule has 2 amide bonds. The van der Waals surface area contributed by atoms with Crippen molar-refractivity contribution in [1.29, 1.82) is 0 Å². The number of aliphatic hydroxyl groups is 4. The van der Waals surface area contributed by atoms with Crippen LogP contribution in [0.25, 0.3) is 0 Å². The first-order chi connectivity index (χ1) is 14.6. The van der Waals surface area contributed by atoms with E-state index in [1.807, 2.05) is 0 Å². The Morgan fingerprint density at radius 3 is 1.65 bits per heavy atom. The van der Waals surface area contributed by atoms with E-state index in [1.54, 1.807) is 0 Å². The number of carbonyl (C=O) groups is 3. The van der Waals surface area contributed by atoms with Gasteiger partial charge in [0.15, 0.2) is 6.61 Å². The first kappa shape index (κ1) is 27.7. The lowest BCUT2D eigenvalue weighted by Gasteiger charge is -2.19. The van der Waals surface area contributed by atoms with Gasteiger partial charge in [0, 0.05) is 17.6 Å². The third-order valence-corrected chi connectivity index (χ3v) is 6.02. The summed E-state index contributed by atoms with van der Waals surface area (Å²) in [5.41, 5.74) is -0.192. The van der Waals surface area contributed by atoms with Gasteiger partial charge in [0.05, 0.1) is 52.6 Å². The van der Waals surface area contributed by atoms with E-state index in [0.29, 0.717) is 0 Å². The zero-order valence-electron chi connectivity index (χ0n) is 16.2. The Kier molecular flexibility index (Phi) is 11.9. The Hall–Kier alpha value is -1.29. The molecule has 0 spiro atoms. The van der Waals surface area contributed by atoms with Gasteiger partial charge in [-0.15, -0.1) is 0 Å². The first-order valence-electron chi connectivity index (χ1n) is 8.63. The molecule has 174 valence electrons. The molecule has 11 nitrogen and oxygen atoms in total. The molecule has 0 aliphatic rings. The maximum atomic E-state index is 12.7. The third kappa shape index (κ3) is 7.66. The van der Waals surface area contributed by atoms with Crippen LogP contribution in [0.1, 0.15) is 20.7 Å². The highest BCUT2D eigenvalue weighted by atomic mass is 79.9. The normalized spacial score (nSPS) is 12.6. The van der Waals surface area contributed by atoms with Crippen LogP contribution in [0.2, 0.25) is 0 Å². The lowest BCUT2D eigenvalue weighted by atomic mass is 10.1. The van der Waals surface area contributed by atoms with Crippen molar-refractivity contribution in [3.05, 3.63) is 24.5 Å². The molecule has 6 N–H and O–H groups in total. The van der Waals surface area contributed by atoms with Gasteiger partial charge in [0.25, 0.3) is 11.8 Å². The van der Waals surface area contributed by atoms with Gasteiger partial charge in [-0.05, 0) is 47.8 Å². The quantitative estimate of drug-likeness (QED) is 0.178. The number of hydrogen-bond acceptors (Lipinski definition) is 9. The molecule has 0 bridgehead atoms. The van der Waals surface area contributed by atoms with E-state index in [0.717, 1.165) is 7.11 Å². The maximum Gasteiger partial charge on any atom is 0.343 e. The highest BCUT2D eigenvalue weighted by Crippen LogP contribution is 2.44. The lowest BCUT2D eigenvalue weighted by Crippen LogP contribution is -2.36. The minimum atomic E-state index is -1.20. The zero-order chi connectivity index (χ0) is 23.7. The number of esters is 1. The number of methoxy groups -OCH3 is 1. The summed E-state index contributed by atoms with van der Waals surface area (Å²) >= 11 is 9.65. The van der Waals surface area contributed by atoms with Gasteiger partial charge in [0.2, 0.25) is 0 Å². The van der Waals surface area contributed by atoms with Crippen LogP contribution in [0, 0.1) is 0 Å². The number of aliphatic hydroxyl groups excluding tert-OH is 4. The van der Waals surface area contributed by atoms with Crippen LogP contribution in [0.4, 0.5) is 0 Å². The summed E-state index contributed by atoms with van der Waals surface area (Å²) in [6, 6.07) is 0. The number of halogens is 3. The summed E-state index contributed by atoms with van der Waals surface area (Å²) in [4.78, 5) is 36.9. The predicted octanol–water partition coefficient (Wildman–Crippen LogP) is -0.308. The highest BCUT2D eigenvalue weighted by Gasteiger charge is 2.29. The van der Waals surface area contributed by atoms with Gasteiger partial charge < -0.3 is 40.5 Å². The van der Waals surface area contributed by atoms with Crippen molar-refractivity contribution in [2.24, 2.45) is 0 Å². The first-order valence-corrected chi connectivity index (χ1v) is 11.0. The maximum absolute atomic E-state index is 12.7. The summed E-state index contributed by atoms with van der Waals surface area (Å²) in [6.07, 6.45) is -2.40. The fraction of sp³-hybridized carbons (Fsp3) is 0.471. The molecule has 0 aliphatic carbocycles. The van der Waals surface area contributed by atoms with E-state index in [-0.39, 0.29) is 43.4 Å². The number of ether oxygens (including phenoxy) is 2. The highest BCUT2D eigenvalue weighted by molar-refractivity contribution is 9.11. The van der Waals surface area contributed by atoms with Crippen molar-refractivity contribution >= 4 is 65.6 Å². The Labute approximate surface area is 202 Å². The molecule has 1 rings (SSSR count). The largest absolute Gasteiger partial charge is 0.479 e. The molecule has 2 atom stereocenters. The molecule has 2 unspecified atom stereocenters. The van der Waals surface area contributed by atoms with E-state index in [4.69, 9.17) is 14.9 Å². The van der Waals surface area contributed by atoms with Crippen molar-refractivity contribution in [2.45, 2.75) is 12.2 Å². The van der Waals surface area contributed by atoms with Gasteiger partial charge >= 0.3 is 5.97 Å². The van der Waals surface area contributed by atoms with E-state index in [9.17, 15) is 24.6 Å². The minimum absolute atomic E-state index is 0.0312. The van der Waals surface area contributed by atoms with Crippen LogP contribution in [0.15, 0.2) is 13.4 Å². The van der Waals surface area contributed by atoms with E-state index in [1.165, 1.54) is 0 Å². The smallest absolute Gasteiger partial charge is 0.343 e. The standard InChI is InChI=1S/C17H21Br3N2O9/c1-30-9(27)6-31-15-13(19)10(16(28)21-2-7(25)4-23)12(18)11(14(15)20)17(29)22-3-8(26)5-24/h7-8,23-26H,2-6H2,1H3,(H,21,28)(H,22,29).